The Labute approximate surface area is 133 Å². The number of amides is 2. The fourth-order valence-electron chi connectivity index (χ4n) is 3.01. The molecule has 3 rings (SSSR count). The van der Waals surface area contributed by atoms with Gasteiger partial charge < -0.3 is 15.0 Å². The number of rotatable bonds is 2. The summed E-state index contributed by atoms with van der Waals surface area (Å²) in [7, 11) is 1.76. The maximum atomic E-state index is 12.7. The maximum absolute atomic E-state index is 12.7. The molecule has 7 nitrogen and oxygen atoms in total. The predicted octanol–water partition coefficient (Wildman–Crippen LogP) is 0.749. The van der Waals surface area contributed by atoms with Crippen LogP contribution in [0.3, 0.4) is 0 Å². The molecular weight excluding hydrogens is 298 g/mol. The molecule has 122 valence electrons. The van der Waals surface area contributed by atoms with Crippen LogP contribution in [0.2, 0.25) is 0 Å². The van der Waals surface area contributed by atoms with Crippen LogP contribution < -0.4 is 15.5 Å². The van der Waals surface area contributed by atoms with Gasteiger partial charge in [-0.25, -0.2) is 5.48 Å². The van der Waals surface area contributed by atoms with Crippen molar-refractivity contribution in [2.45, 2.75) is 18.6 Å². The standard InChI is InChI=1S/C16H19N3O4/c1-19-15(21)12-10-11(3-5-14(20)18-22)2-4-13(12)23-16(19)6-8-17-9-7-16/h2-5,10,17,22H,6-9H2,1H3,(H,18,20)/b5-3+. The van der Waals surface area contributed by atoms with Gasteiger partial charge in [-0.3, -0.25) is 14.8 Å². The largest absolute Gasteiger partial charge is 0.467 e. The van der Waals surface area contributed by atoms with Crippen LogP contribution in [0.4, 0.5) is 0 Å². The molecule has 3 N–H and O–H groups in total. The van der Waals surface area contributed by atoms with Crippen LogP contribution in [-0.4, -0.2) is 47.8 Å². The predicted molar refractivity (Wildman–Crippen MR) is 83.0 cm³/mol. The Kier molecular flexibility index (Phi) is 4.06. The van der Waals surface area contributed by atoms with Crippen molar-refractivity contribution in [2.75, 3.05) is 20.1 Å². The summed E-state index contributed by atoms with van der Waals surface area (Å²) in [4.78, 5) is 25.4. The number of carbonyl (C=O) groups excluding carboxylic acids is 2. The van der Waals surface area contributed by atoms with Gasteiger partial charge in [0.2, 0.25) is 0 Å². The number of fused-ring (bicyclic) bond motifs is 1. The van der Waals surface area contributed by atoms with Gasteiger partial charge in [0.25, 0.3) is 11.8 Å². The van der Waals surface area contributed by atoms with E-state index in [2.05, 4.69) is 5.32 Å². The Hall–Kier alpha value is -2.38. The topological polar surface area (TPSA) is 90.9 Å². The molecule has 0 radical (unpaired) electrons. The van der Waals surface area contributed by atoms with E-state index in [1.165, 1.54) is 17.6 Å². The molecule has 1 fully saturated rings. The highest BCUT2D eigenvalue weighted by molar-refractivity contribution is 5.99. The first-order chi connectivity index (χ1) is 11.1. The molecule has 0 atom stereocenters. The van der Waals surface area contributed by atoms with Gasteiger partial charge in [0, 0.05) is 39.1 Å². The van der Waals surface area contributed by atoms with E-state index in [1.54, 1.807) is 30.1 Å². The Balaban J connectivity index is 1.91. The fraction of sp³-hybridized carbons (Fsp3) is 0.375. The lowest BCUT2D eigenvalue weighted by molar-refractivity contribution is -0.124. The maximum Gasteiger partial charge on any atom is 0.267 e. The van der Waals surface area contributed by atoms with Crippen LogP contribution in [0.1, 0.15) is 28.8 Å². The number of carbonyl (C=O) groups is 2. The normalized spacial score (nSPS) is 19.6. The zero-order chi connectivity index (χ0) is 16.4. The first-order valence-electron chi connectivity index (χ1n) is 7.50. The van der Waals surface area contributed by atoms with Crippen molar-refractivity contribution in [2.24, 2.45) is 0 Å². The van der Waals surface area contributed by atoms with Crippen molar-refractivity contribution in [1.82, 2.24) is 15.7 Å². The van der Waals surface area contributed by atoms with E-state index in [0.29, 0.717) is 16.9 Å². The van der Waals surface area contributed by atoms with E-state index in [0.717, 1.165) is 25.9 Å². The number of ether oxygens (including phenoxy) is 1. The molecule has 23 heavy (non-hydrogen) atoms. The lowest BCUT2D eigenvalue weighted by Crippen LogP contribution is -2.61. The number of nitrogens with zero attached hydrogens (tertiary/aromatic N) is 1. The van der Waals surface area contributed by atoms with Crippen molar-refractivity contribution in [3.63, 3.8) is 0 Å². The molecular formula is C16H19N3O4. The summed E-state index contributed by atoms with van der Waals surface area (Å²) in [6, 6.07) is 5.21. The number of hydrogen-bond donors (Lipinski definition) is 3. The average molecular weight is 317 g/mol. The molecule has 0 aliphatic carbocycles. The summed E-state index contributed by atoms with van der Waals surface area (Å²) in [5.41, 5.74) is 2.10. The molecule has 1 spiro atoms. The van der Waals surface area contributed by atoms with Gasteiger partial charge in [0.15, 0.2) is 5.72 Å². The van der Waals surface area contributed by atoms with Gasteiger partial charge in [-0.15, -0.1) is 0 Å². The summed E-state index contributed by atoms with van der Waals surface area (Å²) >= 11 is 0. The van der Waals surface area contributed by atoms with E-state index in [4.69, 9.17) is 9.94 Å². The molecule has 2 amide bonds. The molecule has 7 heteroatoms. The van der Waals surface area contributed by atoms with Crippen LogP contribution in [0, 0.1) is 0 Å². The average Bonchev–Trinajstić information content (AvgIpc) is 2.59. The lowest BCUT2D eigenvalue weighted by Gasteiger charge is -2.47. The molecule has 2 aliphatic rings. The monoisotopic (exact) mass is 317 g/mol. The SMILES string of the molecule is CN1C(=O)c2cc(/C=C/C(=O)NO)ccc2OC12CCNCC2. The summed E-state index contributed by atoms with van der Waals surface area (Å²) in [5.74, 6) is -0.148. The Bertz CT molecular complexity index is 665. The van der Waals surface area contributed by atoms with Crippen molar-refractivity contribution in [1.29, 1.82) is 0 Å². The number of nitrogens with one attached hydrogen (secondary N) is 2. The number of hydrogen-bond acceptors (Lipinski definition) is 5. The second kappa shape index (κ2) is 6.02. The van der Waals surface area contributed by atoms with Crippen molar-refractivity contribution in [3.05, 3.63) is 35.4 Å². The number of hydroxylamine groups is 1. The molecule has 0 bridgehead atoms. The molecule has 2 aliphatic heterocycles. The van der Waals surface area contributed by atoms with Crippen molar-refractivity contribution >= 4 is 17.9 Å². The highest BCUT2D eigenvalue weighted by atomic mass is 16.5. The Morgan fingerprint density at radius 2 is 2.17 bits per heavy atom. The van der Waals surface area contributed by atoms with Gasteiger partial charge in [-0.1, -0.05) is 6.07 Å². The van der Waals surface area contributed by atoms with Crippen molar-refractivity contribution in [3.8, 4) is 5.75 Å². The van der Waals surface area contributed by atoms with E-state index in [-0.39, 0.29) is 5.91 Å². The van der Waals surface area contributed by atoms with Gasteiger partial charge >= 0.3 is 0 Å². The Morgan fingerprint density at radius 1 is 1.43 bits per heavy atom. The molecule has 0 unspecified atom stereocenters. The van der Waals surface area contributed by atoms with E-state index in [1.807, 2.05) is 0 Å². The van der Waals surface area contributed by atoms with Crippen LogP contribution in [0.5, 0.6) is 5.75 Å². The molecule has 1 aromatic carbocycles. The second-order valence-electron chi connectivity index (χ2n) is 5.73. The van der Waals surface area contributed by atoms with Gasteiger partial charge in [0.05, 0.1) is 5.56 Å². The van der Waals surface area contributed by atoms with E-state index >= 15 is 0 Å². The second-order valence-corrected chi connectivity index (χ2v) is 5.73. The number of piperidine rings is 1. The third-order valence-corrected chi connectivity index (χ3v) is 4.37. The van der Waals surface area contributed by atoms with Crippen LogP contribution >= 0.6 is 0 Å². The fourth-order valence-corrected chi connectivity index (χ4v) is 3.01. The molecule has 0 aromatic heterocycles. The van der Waals surface area contributed by atoms with Gasteiger partial charge in [0.1, 0.15) is 5.75 Å². The molecule has 1 aromatic rings. The summed E-state index contributed by atoms with van der Waals surface area (Å²) in [6.07, 6.45) is 4.20. The summed E-state index contributed by atoms with van der Waals surface area (Å²) in [5, 5.41) is 11.8. The lowest BCUT2D eigenvalue weighted by atomic mass is 9.95. The highest BCUT2D eigenvalue weighted by Gasteiger charge is 2.45. The quantitative estimate of drug-likeness (QED) is 0.425. The zero-order valence-corrected chi connectivity index (χ0v) is 12.8. The first kappa shape index (κ1) is 15.5. The summed E-state index contributed by atoms with van der Waals surface area (Å²) < 4.78 is 6.17. The van der Waals surface area contributed by atoms with E-state index in [9.17, 15) is 9.59 Å². The highest BCUT2D eigenvalue weighted by Crippen LogP contribution is 2.37. The van der Waals surface area contributed by atoms with E-state index < -0.39 is 11.6 Å². The van der Waals surface area contributed by atoms with Crippen LogP contribution in [0.15, 0.2) is 24.3 Å². The summed E-state index contributed by atoms with van der Waals surface area (Å²) in [6.45, 7) is 1.62. The third-order valence-electron chi connectivity index (χ3n) is 4.37. The molecule has 1 saturated heterocycles. The first-order valence-corrected chi connectivity index (χ1v) is 7.50. The minimum atomic E-state index is -0.629. The minimum Gasteiger partial charge on any atom is -0.467 e. The third kappa shape index (κ3) is 2.80. The molecule has 0 saturated carbocycles. The zero-order valence-electron chi connectivity index (χ0n) is 12.8. The van der Waals surface area contributed by atoms with Crippen LogP contribution in [-0.2, 0) is 4.79 Å². The Morgan fingerprint density at radius 3 is 2.87 bits per heavy atom. The van der Waals surface area contributed by atoms with Crippen molar-refractivity contribution < 1.29 is 19.5 Å². The van der Waals surface area contributed by atoms with Gasteiger partial charge in [-0.2, -0.15) is 0 Å². The smallest absolute Gasteiger partial charge is 0.267 e. The van der Waals surface area contributed by atoms with Gasteiger partial charge in [-0.05, 0) is 23.8 Å². The van der Waals surface area contributed by atoms with Crippen LogP contribution in [0.25, 0.3) is 6.08 Å². The molecule has 2 heterocycles. The number of benzene rings is 1. The minimum absolute atomic E-state index is 0.0880.